The number of benzene rings is 3. The zero-order chi connectivity index (χ0) is 27.8. The van der Waals surface area contributed by atoms with E-state index in [9.17, 15) is 39.5 Å². The van der Waals surface area contributed by atoms with Gasteiger partial charge in [-0.2, -0.15) is 8.78 Å². The maximum atomic E-state index is 15.0. The summed E-state index contributed by atoms with van der Waals surface area (Å²) in [5.74, 6) is -14.2. The normalized spacial score (nSPS) is 18.1. The van der Waals surface area contributed by atoms with Gasteiger partial charge in [-0.1, -0.05) is 31.5 Å². The molecule has 0 aliphatic carbocycles. The van der Waals surface area contributed by atoms with Crippen molar-refractivity contribution >= 4 is 0 Å². The predicted octanol–water partition coefficient (Wildman–Crippen LogP) is 8.52. The second-order valence-electron chi connectivity index (χ2n) is 8.96. The lowest BCUT2D eigenvalue weighted by atomic mass is 9.88. The van der Waals surface area contributed by atoms with E-state index in [1.54, 1.807) is 0 Å². The van der Waals surface area contributed by atoms with Crippen LogP contribution < -0.4 is 4.74 Å². The van der Waals surface area contributed by atoms with Crippen LogP contribution in [0.25, 0.3) is 11.1 Å². The van der Waals surface area contributed by atoms with Crippen molar-refractivity contribution in [1.82, 2.24) is 0 Å². The summed E-state index contributed by atoms with van der Waals surface area (Å²) in [5, 5.41) is 0. The Bertz CT molecular complexity index is 1310. The summed E-state index contributed by atoms with van der Waals surface area (Å²) in [7, 11) is 0. The molecule has 1 aliphatic rings. The van der Waals surface area contributed by atoms with Gasteiger partial charge in [0.05, 0.1) is 12.7 Å². The highest BCUT2D eigenvalue weighted by atomic mass is 19.3. The van der Waals surface area contributed by atoms with Crippen molar-refractivity contribution in [2.75, 3.05) is 6.61 Å². The summed E-state index contributed by atoms with van der Waals surface area (Å²) in [5.41, 5.74) is -3.24. The third-order valence-electron chi connectivity index (χ3n) is 6.42. The lowest BCUT2D eigenvalue weighted by Gasteiger charge is -2.29. The first-order valence-electron chi connectivity index (χ1n) is 11.7. The van der Waals surface area contributed by atoms with Gasteiger partial charge in [0.2, 0.25) is 0 Å². The molecule has 1 heterocycles. The molecule has 3 aromatic carbocycles. The smallest absolute Gasteiger partial charge is 0.429 e. The first-order chi connectivity index (χ1) is 17.9. The number of alkyl halides is 2. The van der Waals surface area contributed by atoms with E-state index in [-0.39, 0.29) is 30.4 Å². The summed E-state index contributed by atoms with van der Waals surface area (Å²) in [4.78, 5) is 0. The average Bonchev–Trinajstić information content (AvgIpc) is 2.86. The van der Waals surface area contributed by atoms with Crippen LogP contribution in [0.3, 0.4) is 0 Å². The van der Waals surface area contributed by atoms with Crippen molar-refractivity contribution in [3.05, 3.63) is 88.2 Å². The molecule has 0 saturated carbocycles. The largest absolute Gasteiger partial charge is 0.429 e. The molecule has 38 heavy (non-hydrogen) atoms. The van der Waals surface area contributed by atoms with Gasteiger partial charge in [0, 0.05) is 29.2 Å². The lowest BCUT2D eigenvalue weighted by Crippen LogP contribution is -2.25. The molecule has 11 heteroatoms. The summed E-state index contributed by atoms with van der Waals surface area (Å²) in [6.45, 7) is 2.16. The third kappa shape index (κ3) is 5.34. The summed E-state index contributed by atoms with van der Waals surface area (Å²) >= 11 is 0. The maximum Gasteiger partial charge on any atom is 0.429 e. The molecule has 4 rings (SSSR count). The highest BCUT2D eigenvalue weighted by Gasteiger charge is 2.40. The van der Waals surface area contributed by atoms with Crippen molar-refractivity contribution in [1.29, 1.82) is 0 Å². The van der Waals surface area contributed by atoms with E-state index in [0.29, 0.717) is 25.0 Å². The van der Waals surface area contributed by atoms with Gasteiger partial charge in [0.25, 0.3) is 0 Å². The van der Waals surface area contributed by atoms with Crippen molar-refractivity contribution in [2.24, 2.45) is 0 Å². The molecule has 0 spiro atoms. The molecule has 0 radical (unpaired) electrons. The van der Waals surface area contributed by atoms with Crippen LogP contribution in [0.4, 0.5) is 39.5 Å². The molecule has 204 valence electrons. The van der Waals surface area contributed by atoms with Crippen molar-refractivity contribution in [3.8, 4) is 16.9 Å². The molecule has 0 aromatic heterocycles. The Balaban J connectivity index is 1.61. The van der Waals surface area contributed by atoms with Crippen molar-refractivity contribution in [2.45, 2.75) is 50.7 Å². The fraction of sp³-hybridized carbons (Fsp3) is 0.333. The first-order valence-corrected chi connectivity index (χ1v) is 11.7. The summed E-state index contributed by atoms with van der Waals surface area (Å²) in [6, 6.07) is 3.36. The van der Waals surface area contributed by atoms with Gasteiger partial charge in [-0.15, -0.1) is 0 Å². The van der Waals surface area contributed by atoms with E-state index in [1.807, 2.05) is 6.92 Å². The van der Waals surface area contributed by atoms with Crippen molar-refractivity contribution < 1.29 is 49.0 Å². The Morgan fingerprint density at radius 2 is 1.39 bits per heavy atom. The van der Waals surface area contributed by atoms with Gasteiger partial charge in [-0.25, -0.2) is 30.7 Å². The number of halogens is 9. The zero-order valence-corrected chi connectivity index (χ0v) is 19.9. The molecule has 2 nitrogen and oxygen atoms in total. The highest BCUT2D eigenvalue weighted by molar-refractivity contribution is 5.66. The molecule has 0 bridgehead atoms. The van der Waals surface area contributed by atoms with Crippen LogP contribution in [0, 0.1) is 40.7 Å². The van der Waals surface area contributed by atoms with Gasteiger partial charge in [0.1, 0.15) is 11.3 Å². The second kappa shape index (κ2) is 10.9. The van der Waals surface area contributed by atoms with Crippen LogP contribution in [0.5, 0.6) is 5.75 Å². The van der Waals surface area contributed by atoms with Gasteiger partial charge in [0.15, 0.2) is 40.7 Å². The highest BCUT2D eigenvalue weighted by Crippen LogP contribution is 2.39. The monoisotopic (exact) mass is 548 g/mol. The Labute approximate surface area is 212 Å². The molecule has 1 saturated heterocycles. The summed E-state index contributed by atoms with van der Waals surface area (Å²) < 4.78 is 138. The molecule has 0 N–H and O–H groups in total. The quantitative estimate of drug-likeness (QED) is 0.218. The minimum absolute atomic E-state index is 0.00241. The molecular formula is C27H21F9O2. The molecular weight excluding hydrogens is 527 g/mol. The molecule has 1 aliphatic heterocycles. The molecule has 2 atom stereocenters. The fourth-order valence-electron chi connectivity index (χ4n) is 4.47. The number of hydrogen-bond donors (Lipinski definition) is 0. The van der Waals surface area contributed by atoms with E-state index in [4.69, 9.17) is 4.74 Å². The minimum atomic E-state index is -4.68. The van der Waals surface area contributed by atoms with Crippen LogP contribution in [0.2, 0.25) is 0 Å². The van der Waals surface area contributed by atoms with Crippen LogP contribution >= 0.6 is 0 Å². The van der Waals surface area contributed by atoms with Crippen LogP contribution in [-0.4, -0.2) is 12.7 Å². The zero-order valence-electron chi connectivity index (χ0n) is 19.9. The fourth-order valence-corrected chi connectivity index (χ4v) is 4.47. The standard InChI is InChI=1S/C27H21F9O2/c1-2-3-14-5-4-13(12-37-14)16-6-7-17(23(31)22(16)30)18-8-9-19(25(33)24(18)32)27(35,36)38-15-10-20(28)26(34)21(29)11-15/h6-11,13-14H,2-5,12H2,1H3. The average molecular weight is 548 g/mol. The Morgan fingerprint density at radius 3 is 1.97 bits per heavy atom. The Hall–Kier alpha value is -3.21. The van der Waals surface area contributed by atoms with E-state index < -0.39 is 75.2 Å². The number of ether oxygens (including phenoxy) is 2. The van der Waals surface area contributed by atoms with Crippen LogP contribution in [0.1, 0.15) is 49.7 Å². The topological polar surface area (TPSA) is 18.5 Å². The van der Waals surface area contributed by atoms with E-state index in [1.165, 1.54) is 6.07 Å². The van der Waals surface area contributed by atoms with E-state index in [2.05, 4.69) is 4.74 Å². The third-order valence-corrected chi connectivity index (χ3v) is 6.42. The molecule has 1 fully saturated rings. The maximum absolute atomic E-state index is 15.0. The predicted molar refractivity (Wildman–Crippen MR) is 119 cm³/mol. The van der Waals surface area contributed by atoms with Gasteiger partial charge in [-0.05, 0) is 30.9 Å². The van der Waals surface area contributed by atoms with E-state index in [0.717, 1.165) is 18.9 Å². The molecule has 2 unspecified atom stereocenters. The number of hydrogen-bond acceptors (Lipinski definition) is 2. The van der Waals surface area contributed by atoms with Gasteiger partial charge in [-0.3, -0.25) is 0 Å². The minimum Gasteiger partial charge on any atom is -0.429 e. The molecule has 3 aromatic rings. The van der Waals surface area contributed by atoms with Crippen molar-refractivity contribution in [3.63, 3.8) is 0 Å². The lowest BCUT2D eigenvalue weighted by molar-refractivity contribution is -0.187. The SMILES string of the molecule is CCCC1CCC(c2ccc(-c3ccc(C(F)(F)Oc4cc(F)c(F)c(F)c4)c(F)c3F)c(F)c2F)CO1. The summed E-state index contributed by atoms with van der Waals surface area (Å²) in [6.07, 6.45) is -1.71. The van der Waals surface area contributed by atoms with Gasteiger partial charge < -0.3 is 9.47 Å². The first kappa shape index (κ1) is 27.8. The second-order valence-corrected chi connectivity index (χ2v) is 8.96. The Kier molecular flexibility index (Phi) is 7.96. The van der Waals surface area contributed by atoms with Crippen LogP contribution in [-0.2, 0) is 10.8 Å². The number of rotatable bonds is 7. The van der Waals surface area contributed by atoms with Crippen LogP contribution in [0.15, 0.2) is 36.4 Å². The molecule has 0 amide bonds. The Morgan fingerprint density at radius 1 is 0.789 bits per heavy atom. The van der Waals surface area contributed by atoms with Gasteiger partial charge >= 0.3 is 6.11 Å². The van der Waals surface area contributed by atoms with E-state index >= 15 is 0 Å².